The molecule has 8 bridgehead atoms. The van der Waals surface area contributed by atoms with Crippen molar-refractivity contribution in [1.82, 2.24) is 19.9 Å². The number of carbonyl (C=O) groups is 3. The summed E-state index contributed by atoms with van der Waals surface area (Å²) in [5.74, 6) is -2.75. The van der Waals surface area contributed by atoms with Gasteiger partial charge in [0, 0.05) is 33.9 Å². The average molecular weight is 769 g/mol. The molecule has 0 aliphatic carbocycles. The Balaban J connectivity index is 0.000000840. The maximum Gasteiger partial charge on any atom is 3.00 e. The van der Waals surface area contributed by atoms with E-state index in [4.69, 9.17) is 40.7 Å². The summed E-state index contributed by atoms with van der Waals surface area (Å²) >= 11 is 4.35. The number of aromatic nitrogens is 4. The van der Waals surface area contributed by atoms with Gasteiger partial charge in [0.2, 0.25) is 0 Å². The molecule has 5 N–H and O–H groups in total. The quantitative estimate of drug-likeness (QED) is 0.148. The van der Waals surface area contributed by atoms with E-state index in [-0.39, 0.29) is 35.7 Å². The number of carboxylic acid groups (broad SMARTS) is 3. The van der Waals surface area contributed by atoms with E-state index in [1.165, 1.54) is 0 Å². The summed E-state index contributed by atoms with van der Waals surface area (Å²) in [6.07, 6.45) is 4.06. The third-order valence-electron chi connectivity index (χ3n) is 8.56. The first-order valence-electron chi connectivity index (χ1n) is 15.7. The van der Waals surface area contributed by atoms with Gasteiger partial charge in [-0.3, -0.25) is 14.4 Å². The zero-order valence-corrected chi connectivity index (χ0v) is 30.9. The van der Waals surface area contributed by atoms with Crippen LogP contribution >= 0.6 is 0 Å². The van der Waals surface area contributed by atoms with Crippen molar-refractivity contribution in [2.75, 3.05) is 5.75 Å². The largest absolute Gasteiger partial charge is 3.00 e. The number of fused-ring (bicyclic) bond motifs is 8. The van der Waals surface area contributed by atoms with Gasteiger partial charge in [-0.05, 0) is 57.7 Å². The number of allylic oxidation sites excluding steroid dienone is 6. The van der Waals surface area contributed by atoms with Crippen LogP contribution in [0, 0.1) is 23.8 Å². The van der Waals surface area contributed by atoms with Gasteiger partial charge in [-0.2, -0.15) is 5.75 Å². The van der Waals surface area contributed by atoms with Crippen LogP contribution < -0.4 is 15.7 Å². The van der Waals surface area contributed by atoms with Crippen LogP contribution in [0.25, 0.3) is 44.4 Å². The van der Waals surface area contributed by atoms with Crippen molar-refractivity contribution in [1.29, 1.82) is 0 Å². The zero-order chi connectivity index (χ0) is 38.2. The molecule has 2 aliphatic rings. The predicted octanol–water partition coefficient (Wildman–Crippen LogP) is 5.47. The summed E-state index contributed by atoms with van der Waals surface area (Å²) in [5.41, 5.74) is 17.5. The van der Waals surface area contributed by atoms with Crippen LogP contribution in [0.2, 0.25) is 0 Å². The van der Waals surface area contributed by atoms with Crippen LogP contribution in [0.3, 0.4) is 0 Å². The molecule has 3 aromatic rings. The van der Waals surface area contributed by atoms with Gasteiger partial charge in [-0.15, -0.1) is 22.1 Å². The molecule has 13 nitrogen and oxygen atoms in total. The van der Waals surface area contributed by atoms with E-state index in [0.717, 1.165) is 61.6 Å². The Morgan fingerprint density at radius 3 is 1.46 bits per heavy atom. The number of carboxylic acids is 3. The topological polar surface area (TPSA) is 226 Å². The summed E-state index contributed by atoms with van der Waals surface area (Å²) in [6, 6.07) is 6.75. The van der Waals surface area contributed by atoms with E-state index in [0.29, 0.717) is 40.6 Å². The second-order valence-corrected chi connectivity index (χ2v) is 12.0. The van der Waals surface area contributed by atoms with Crippen molar-refractivity contribution in [2.45, 2.75) is 59.4 Å². The molecule has 0 unspecified atom stereocenters. The number of hydrogen-bond acceptors (Lipinski definition) is 9. The van der Waals surface area contributed by atoms with E-state index >= 15 is 0 Å². The van der Waals surface area contributed by atoms with Gasteiger partial charge in [-0.25, -0.2) is 9.97 Å². The Morgan fingerprint density at radius 2 is 1.12 bits per heavy atom. The molecule has 3 aromatic heterocycles. The van der Waals surface area contributed by atoms with Crippen molar-refractivity contribution in [3.05, 3.63) is 105 Å². The van der Waals surface area contributed by atoms with E-state index in [1.807, 2.05) is 52.0 Å². The molecule has 273 valence electrons. The van der Waals surface area contributed by atoms with Gasteiger partial charge >= 0.3 is 35.0 Å². The van der Waals surface area contributed by atoms with Gasteiger partial charge in [0.25, 0.3) is 0 Å². The van der Waals surface area contributed by atoms with Crippen LogP contribution in [-0.4, -0.2) is 55.0 Å². The Morgan fingerprint density at radius 1 is 0.731 bits per heavy atom. The predicted molar refractivity (Wildman–Crippen MR) is 200 cm³/mol. The van der Waals surface area contributed by atoms with Crippen molar-refractivity contribution < 1.29 is 46.8 Å². The smallest absolute Gasteiger partial charge is 0.791 e. The molecule has 1 radical (unpaired) electrons. The fraction of sp³-hybridized carbons (Fsp3) is 0.270. The second kappa shape index (κ2) is 19.0. The molecule has 0 amide bonds. The number of aliphatic carboxylic acids is 3. The normalized spacial score (nSPS) is 12.4. The van der Waals surface area contributed by atoms with Crippen molar-refractivity contribution in [3.8, 4) is 0 Å². The van der Waals surface area contributed by atoms with Gasteiger partial charge in [-0.1, -0.05) is 65.8 Å². The third kappa shape index (κ3) is 9.62. The van der Waals surface area contributed by atoms with Crippen molar-refractivity contribution in [2.24, 2.45) is 5.73 Å². The van der Waals surface area contributed by atoms with Gasteiger partial charge in [0.1, 0.15) is 0 Å². The monoisotopic (exact) mass is 768 g/mol. The fourth-order valence-corrected chi connectivity index (χ4v) is 5.83. The third-order valence-corrected chi connectivity index (χ3v) is 8.92. The van der Waals surface area contributed by atoms with Crippen LogP contribution in [0.1, 0.15) is 71.7 Å². The Kier molecular flexibility index (Phi) is 15.7. The number of nitrogens with two attached hydrogens (primary N) is 1. The molecule has 0 aromatic carbocycles. The zero-order valence-electron chi connectivity index (χ0n) is 29.0. The number of nitrogens with zero attached hydrogens (tertiary/aromatic N) is 4. The summed E-state index contributed by atoms with van der Waals surface area (Å²) in [4.78, 5) is 66.5. The maximum absolute atomic E-state index is 11.5. The summed E-state index contributed by atoms with van der Waals surface area (Å²) in [7, 11) is 0. The number of rotatable bonds is 10. The first kappa shape index (κ1) is 43.1. The average Bonchev–Trinajstić information content (AvgIpc) is 3.76. The van der Waals surface area contributed by atoms with Crippen LogP contribution in [-0.2, 0) is 56.9 Å². The molecule has 0 saturated heterocycles. The number of aryl methyl sites for hydroxylation is 4. The van der Waals surface area contributed by atoms with Gasteiger partial charge in [0.05, 0.1) is 28.8 Å². The SMILES string of the molecule is C=CC1=C(C)c2cc3[n-]c(cc4[n-]c(cc5nc(cc1n2)C(C)=C5C=C)c(C)c4CCC(=O)O)c(CCC(=O)O)c3C.N[C@@H](C[S-])C(=O)O.O=O.[Fe+3]. The van der Waals surface area contributed by atoms with Gasteiger partial charge in [0.15, 0.2) is 0 Å². The summed E-state index contributed by atoms with van der Waals surface area (Å²) in [5, 5.41) is 26.9. The van der Waals surface area contributed by atoms with Crippen molar-refractivity contribution in [3.63, 3.8) is 0 Å². The van der Waals surface area contributed by atoms with Crippen LogP contribution in [0.5, 0.6) is 0 Å². The minimum Gasteiger partial charge on any atom is -0.791 e. The molecule has 52 heavy (non-hydrogen) atoms. The molecule has 5 rings (SSSR count). The maximum atomic E-state index is 11.5. The van der Waals surface area contributed by atoms with Crippen LogP contribution in [0.4, 0.5) is 0 Å². The van der Waals surface area contributed by atoms with Crippen molar-refractivity contribution >= 4 is 74.9 Å². The first-order valence-corrected chi connectivity index (χ1v) is 16.3. The molecular weight excluding hydrogens is 730 g/mol. The Hall–Kier alpha value is -5.08. The summed E-state index contributed by atoms with van der Waals surface area (Å²) in [6.45, 7) is 15.9. The van der Waals surface area contributed by atoms with Gasteiger partial charge < -0.3 is 43.6 Å². The molecule has 15 heteroatoms. The second-order valence-electron chi connectivity index (χ2n) is 11.7. The van der Waals surface area contributed by atoms with E-state index < -0.39 is 23.9 Å². The molecule has 0 spiro atoms. The minimum atomic E-state index is -1.03. The number of hydrogen-bond donors (Lipinski definition) is 4. The van der Waals surface area contributed by atoms with E-state index in [1.54, 1.807) is 12.2 Å². The molecular formula is C37H38FeN5O8S. The van der Waals surface area contributed by atoms with E-state index in [9.17, 15) is 24.6 Å². The Bertz CT molecular complexity index is 2130. The molecule has 0 saturated carbocycles. The van der Waals surface area contributed by atoms with Crippen LogP contribution in [0.15, 0.2) is 49.6 Å². The first-order chi connectivity index (χ1) is 24.2. The van der Waals surface area contributed by atoms with E-state index in [2.05, 4.69) is 25.8 Å². The summed E-state index contributed by atoms with van der Waals surface area (Å²) < 4.78 is 0. The minimum absolute atomic E-state index is 0. The standard InChI is InChI=1S/C34H34N4O4.C3H7NO2S.Fe.O2/c1-7-21-17(3)25-13-26-19(5)23(9-11-33(39)40)31(37-26)16-32-24(10-12-34(41)42)20(6)28(38-32)15-30-22(8-2)18(4)27(36-30)14-29(21)35-25;4-2(1-7)3(5)6;;1-2/h7-8,13-16H,1-2,9-12H2,3-6H3,(H4,35,36,37,38,39,40,41,42);2,7H,1,4H2,(H,5,6);;/q;;+3;/p-3/t;2-;;/m.0../s1. The molecule has 1 atom stereocenters. The Labute approximate surface area is 316 Å². The fourth-order valence-electron chi connectivity index (χ4n) is 5.68. The molecule has 5 heterocycles. The molecule has 2 aliphatic heterocycles. The molecule has 0 fully saturated rings.